The number of quaternary nitrogens is 1. The van der Waals surface area contributed by atoms with Gasteiger partial charge in [0, 0.05) is 6.42 Å². The molecular formula is C16H32NO4+. The van der Waals surface area contributed by atoms with Gasteiger partial charge in [0.25, 0.3) is 0 Å². The first-order valence-electron chi connectivity index (χ1n) is 7.85. The largest absolute Gasteiger partial charge is 0.481 e. The van der Waals surface area contributed by atoms with Crippen molar-refractivity contribution in [3.8, 4) is 0 Å². The number of carboxylic acids is 1. The molecule has 124 valence electrons. The molecule has 2 atom stereocenters. The Morgan fingerprint density at radius 3 is 2.24 bits per heavy atom. The number of hydrogen-bond acceptors (Lipinski definition) is 3. The van der Waals surface area contributed by atoms with Crippen LogP contribution < -0.4 is 0 Å². The molecule has 0 aliphatic heterocycles. The van der Waals surface area contributed by atoms with Crippen molar-refractivity contribution >= 4 is 11.9 Å². The van der Waals surface area contributed by atoms with E-state index in [0.717, 1.165) is 12.8 Å². The van der Waals surface area contributed by atoms with Crippen LogP contribution in [0.25, 0.3) is 0 Å². The summed E-state index contributed by atoms with van der Waals surface area (Å²) in [5, 5.41) is 8.92. The molecule has 0 heterocycles. The highest BCUT2D eigenvalue weighted by Crippen LogP contribution is 2.15. The van der Waals surface area contributed by atoms with Gasteiger partial charge in [0.15, 0.2) is 6.10 Å². The summed E-state index contributed by atoms with van der Waals surface area (Å²) in [6.45, 7) is 4.70. The summed E-state index contributed by atoms with van der Waals surface area (Å²) in [5.74, 6) is -0.922. The molecular weight excluding hydrogens is 270 g/mol. The Morgan fingerprint density at radius 1 is 1.14 bits per heavy atom. The fourth-order valence-corrected chi connectivity index (χ4v) is 2.31. The van der Waals surface area contributed by atoms with E-state index >= 15 is 0 Å². The normalized spacial score (nSPS) is 14.5. The van der Waals surface area contributed by atoms with Gasteiger partial charge in [0.1, 0.15) is 6.54 Å². The van der Waals surface area contributed by atoms with Crippen molar-refractivity contribution in [2.75, 3.05) is 27.7 Å². The molecule has 0 spiro atoms. The van der Waals surface area contributed by atoms with Gasteiger partial charge in [-0.1, -0.05) is 39.5 Å². The molecule has 0 aromatic rings. The molecule has 0 saturated heterocycles. The highest BCUT2D eigenvalue weighted by atomic mass is 16.5. The zero-order valence-electron chi connectivity index (χ0n) is 14.2. The van der Waals surface area contributed by atoms with Crippen molar-refractivity contribution in [1.82, 2.24) is 0 Å². The summed E-state index contributed by atoms with van der Waals surface area (Å²) in [6, 6.07) is 0. The van der Waals surface area contributed by atoms with Crippen molar-refractivity contribution in [2.45, 2.75) is 58.5 Å². The van der Waals surface area contributed by atoms with E-state index in [-0.39, 0.29) is 12.4 Å². The number of hydrogen-bond donors (Lipinski definition) is 1. The third kappa shape index (κ3) is 12.4. The van der Waals surface area contributed by atoms with Crippen molar-refractivity contribution < 1.29 is 23.9 Å². The molecule has 0 saturated carbocycles. The van der Waals surface area contributed by atoms with Gasteiger partial charge in [-0.3, -0.25) is 9.59 Å². The fraction of sp³-hybridized carbons (Fsp3) is 0.875. The second kappa shape index (κ2) is 9.77. The fourth-order valence-electron chi connectivity index (χ4n) is 2.31. The maximum Gasteiger partial charge on any atom is 0.307 e. The molecule has 21 heavy (non-hydrogen) atoms. The van der Waals surface area contributed by atoms with E-state index in [2.05, 4.69) is 6.92 Å². The van der Waals surface area contributed by atoms with Gasteiger partial charge in [-0.05, 0) is 5.92 Å². The maximum absolute atomic E-state index is 11.9. The average Bonchev–Trinajstić information content (AvgIpc) is 2.25. The third-order valence-electron chi connectivity index (χ3n) is 3.27. The minimum absolute atomic E-state index is 0.133. The van der Waals surface area contributed by atoms with E-state index in [1.165, 1.54) is 12.8 Å². The molecule has 5 heteroatoms. The van der Waals surface area contributed by atoms with Gasteiger partial charge in [0.2, 0.25) is 0 Å². The van der Waals surface area contributed by atoms with Crippen LogP contribution in [0.1, 0.15) is 52.4 Å². The van der Waals surface area contributed by atoms with Crippen LogP contribution >= 0.6 is 0 Å². The number of unbranched alkanes of at least 4 members (excludes halogenated alkanes) is 2. The lowest BCUT2D eigenvalue weighted by Gasteiger charge is -2.28. The third-order valence-corrected chi connectivity index (χ3v) is 3.27. The number of carbonyl (C=O) groups is 2. The molecule has 0 fully saturated rings. The van der Waals surface area contributed by atoms with E-state index in [9.17, 15) is 9.59 Å². The molecule has 0 aromatic heterocycles. The van der Waals surface area contributed by atoms with E-state index in [1.807, 2.05) is 28.1 Å². The zero-order valence-corrected chi connectivity index (χ0v) is 14.2. The van der Waals surface area contributed by atoms with Crippen molar-refractivity contribution in [2.24, 2.45) is 5.92 Å². The highest BCUT2D eigenvalue weighted by Gasteiger charge is 2.25. The van der Waals surface area contributed by atoms with Crippen molar-refractivity contribution in [3.05, 3.63) is 0 Å². The lowest BCUT2D eigenvalue weighted by Crippen LogP contribution is -2.43. The van der Waals surface area contributed by atoms with Crippen LogP contribution in [-0.4, -0.2) is 55.3 Å². The van der Waals surface area contributed by atoms with E-state index < -0.39 is 12.1 Å². The second-order valence-electron chi connectivity index (χ2n) is 6.99. The molecule has 0 radical (unpaired) electrons. The number of ether oxygens (including phenoxy) is 1. The standard InChI is InChI=1S/C16H31NO4/c1-6-7-8-9-13(2)10-16(20)21-14(11-15(18)19)12-17(3,4)5/h13-14H,6-12H2,1-5H3/p+1. The van der Waals surface area contributed by atoms with Gasteiger partial charge in [-0.15, -0.1) is 0 Å². The first-order chi connectivity index (χ1) is 9.64. The van der Waals surface area contributed by atoms with Crippen LogP contribution in [0, 0.1) is 5.92 Å². The molecule has 0 aliphatic rings. The van der Waals surface area contributed by atoms with Crippen molar-refractivity contribution in [1.29, 1.82) is 0 Å². The SMILES string of the molecule is CCCCCC(C)CC(=O)OC(CC(=O)O)C[N+](C)(C)C. The number of carbonyl (C=O) groups excluding carboxylic acids is 1. The van der Waals surface area contributed by atoms with E-state index in [0.29, 0.717) is 23.4 Å². The van der Waals surface area contributed by atoms with Gasteiger partial charge < -0.3 is 14.3 Å². The summed E-state index contributed by atoms with van der Waals surface area (Å²) in [4.78, 5) is 22.8. The maximum atomic E-state index is 11.9. The van der Waals surface area contributed by atoms with Crippen LogP contribution in [0.4, 0.5) is 0 Å². The molecule has 5 nitrogen and oxygen atoms in total. The van der Waals surface area contributed by atoms with E-state index in [1.54, 1.807) is 0 Å². The molecule has 1 N–H and O–H groups in total. The van der Waals surface area contributed by atoms with Gasteiger partial charge in [-0.25, -0.2) is 0 Å². The Labute approximate surface area is 128 Å². The molecule has 2 unspecified atom stereocenters. The summed E-state index contributed by atoms with van der Waals surface area (Å²) in [7, 11) is 5.86. The van der Waals surface area contributed by atoms with Gasteiger partial charge in [-0.2, -0.15) is 0 Å². The Morgan fingerprint density at radius 2 is 1.76 bits per heavy atom. The first-order valence-corrected chi connectivity index (χ1v) is 7.85. The van der Waals surface area contributed by atoms with Gasteiger partial charge >= 0.3 is 11.9 Å². The number of likely N-dealkylation sites (N-methyl/N-ethyl adjacent to an activating group) is 1. The highest BCUT2D eigenvalue weighted by molar-refractivity contribution is 5.71. The van der Waals surface area contributed by atoms with E-state index in [4.69, 9.17) is 9.84 Å². The summed E-state index contributed by atoms with van der Waals surface area (Å²) >= 11 is 0. The Hall–Kier alpha value is -1.10. The number of carboxylic acid groups (broad SMARTS) is 1. The summed E-state index contributed by atoms with van der Waals surface area (Å²) in [5.41, 5.74) is 0. The predicted octanol–water partition coefficient (Wildman–Crippen LogP) is 2.69. The Bertz CT molecular complexity index is 323. The smallest absolute Gasteiger partial charge is 0.307 e. The Kier molecular flexibility index (Phi) is 9.26. The van der Waals surface area contributed by atoms with Crippen LogP contribution in [0.5, 0.6) is 0 Å². The first kappa shape index (κ1) is 19.9. The van der Waals surface area contributed by atoms with Crippen molar-refractivity contribution in [3.63, 3.8) is 0 Å². The van der Waals surface area contributed by atoms with Crippen LogP contribution in [-0.2, 0) is 14.3 Å². The van der Waals surface area contributed by atoms with Crippen LogP contribution in [0.3, 0.4) is 0 Å². The number of aliphatic carboxylic acids is 1. The zero-order chi connectivity index (χ0) is 16.5. The molecule has 0 aliphatic carbocycles. The monoisotopic (exact) mass is 302 g/mol. The number of nitrogens with zero attached hydrogens (tertiary/aromatic N) is 1. The number of esters is 1. The average molecular weight is 302 g/mol. The molecule has 0 bridgehead atoms. The minimum Gasteiger partial charge on any atom is -0.481 e. The summed E-state index contributed by atoms with van der Waals surface area (Å²) in [6.07, 6.45) is 4.18. The predicted molar refractivity (Wildman–Crippen MR) is 83.0 cm³/mol. The minimum atomic E-state index is -0.933. The quantitative estimate of drug-likeness (QED) is 0.362. The number of rotatable bonds is 11. The summed E-state index contributed by atoms with van der Waals surface area (Å²) < 4.78 is 5.95. The van der Waals surface area contributed by atoms with Crippen LogP contribution in [0.2, 0.25) is 0 Å². The lowest BCUT2D eigenvalue weighted by atomic mass is 10.00. The van der Waals surface area contributed by atoms with Gasteiger partial charge in [0.05, 0.1) is 27.6 Å². The Balaban J connectivity index is 4.29. The van der Waals surface area contributed by atoms with Crippen LogP contribution in [0.15, 0.2) is 0 Å². The molecule has 0 amide bonds. The lowest BCUT2D eigenvalue weighted by molar-refractivity contribution is -0.873. The molecule has 0 rings (SSSR count). The molecule has 0 aromatic carbocycles. The second-order valence-corrected chi connectivity index (χ2v) is 6.99. The topological polar surface area (TPSA) is 63.6 Å².